The van der Waals surface area contributed by atoms with Crippen LogP contribution in [0.5, 0.6) is 0 Å². The quantitative estimate of drug-likeness (QED) is 0.0986. The molecule has 1 aromatic heterocycles. The lowest BCUT2D eigenvalue weighted by molar-refractivity contribution is -0.384. The van der Waals surface area contributed by atoms with Crippen molar-refractivity contribution in [1.29, 1.82) is 0 Å². The smallest absolute Gasteiger partial charge is 0.336 e. The number of nitro groups is 1. The second-order valence-electron chi connectivity index (χ2n) is 9.59. The van der Waals surface area contributed by atoms with Gasteiger partial charge in [0.05, 0.1) is 35.4 Å². The van der Waals surface area contributed by atoms with E-state index < -0.39 is 28.7 Å². The predicted molar refractivity (Wildman–Crippen MR) is 150 cm³/mol. The van der Waals surface area contributed by atoms with Crippen molar-refractivity contribution in [3.63, 3.8) is 0 Å². The van der Waals surface area contributed by atoms with Crippen molar-refractivity contribution in [3.05, 3.63) is 81.2 Å². The number of hydrogen-bond donors (Lipinski definition) is 0. The Morgan fingerprint density at radius 2 is 1.71 bits per heavy atom. The molecule has 0 bridgehead atoms. The van der Waals surface area contributed by atoms with Crippen LogP contribution < -0.4 is 0 Å². The van der Waals surface area contributed by atoms with Gasteiger partial charge in [0.2, 0.25) is 0 Å². The first-order valence-electron chi connectivity index (χ1n) is 13.5. The summed E-state index contributed by atoms with van der Waals surface area (Å²) in [5.41, 5.74) is 1.25. The molecule has 1 atom stereocenters. The molecule has 1 aliphatic heterocycles. The molecule has 0 spiro atoms. The third kappa shape index (κ3) is 8.03. The Labute approximate surface area is 243 Å². The Morgan fingerprint density at radius 1 is 1.00 bits per heavy atom. The topological polar surface area (TPSA) is 152 Å². The van der Waals surface area contributed by atoms with Crippen LogP contribution >= 0.6 is 0 Å². The van der Waals surface area contributed by atoms with Crippen LogP contribution in [0.3, 0.4) is 0 Å². The molecule has 2 heterocycles. The molecule has 13 heteroatoms. The average Bonchev–Trinajstić information content (AvgIpc) is 3.50. The number of non-ortho nitro benzene ring substituents is 1. The van der Waals surface area contributed by atoms with Crippen LogP contribution in [0.25, 0.3) is 0 Å². The van der Waals surface area contributed by atoms with Gasteiger partial charge < -0.3 is 28.4 Å². The zero-order valence-electron chi connectivity index (χ0n) is 24.2. The minimum Gasteiger partial charge on any atom is -0.466 e. The van der Waals surface area contributed by atoms with Crippen molar-refractivity contribution in [3.8, 4) is 0 Å². The standard InChI is InChI=1S/C29H36N4O9/c1-20-25(28(35)40-4)27(22-9-8-10-23(17-22)33(37)38)26(21(2)32(20)19-39-3)29(36)42-16-15-41-24(34)11-6-5-7-13-31-14-12-30-18-31/h8-10,12,14,17-18,27H,5-7,11,13,15-16,19H2,1-4H3. The van der Waals surface area contributed by atoms with E-state index in [2.05, 4.69) is 4.98 Å². The molecule has 0 amide bonds. The fraction of sp³-hybridized carbons (Fsp3) is 0.448. The Hall–Kier alpha value is -4.52. The first-order chi connectivity index (χ1) is 20.2. The number of unbranched alkanes of at least 4 members (excludes halogenated alkanes) is 2. The van der Waals surface area contributed by atoms with Gasteiger partial charge in [-0.25, -0.2) is 14.6 Å². The molecule has 226 valence electrons. The van der Waals surface area contributed by atoms with E-state index in [1.54, 1.807) is 37.3 Å². The molecule has 42 heavy (non-hydrogen) atoms. The Bertz CT molecular complexity index is 1330. The molecule has 0 saturated heterocycles. The van der Waals surface area contributed by atoms with Crippen LogP contribution in [0.2, 0.25) is 0 Å². The van der Waals surface area contributed by atoms with Gasteiger partial charge in [-0.2, -0.15) is 0 Å². The van der Waals surface area contributed by atoms with Gasteiger partial charge in [0.25, 0.3) is 5.69 Å². The van der Waals surface area contributed by atoms with Gasteiger partial charge in [-0.1, -0.05) is 18.6 Å². The van der Waals surface area contributed by atoms with Gasteiger partial charge in [-0.3, -0.25) is 14.9 Å². The fourth-order valence-corrected chi connectivity index (χ4v) is 4.82. The number of methoxy groups -OCH3 is 2. The number of carbonyl (C=O) groups is 3. The third-order valence-electron chi connectivity index (χ3n) is 6.90. The SMILES string of the molecule is COCN1C(C)=C(C(=O)OC)C(c2cccc([N+](=O)[O-])c2)C(C(=O)OCCOC(=O)CCCCCn2ccnc2)=C1C. The van der Waals surface area contributed by atoms with Crippen molar-refractivity contribution < 1.29 is 38.3 Å². The molecule has 1 aliphatic rings. The number of hydrogen-bond acceptors (Lipinski definition) is 11. The highest BCUT2D eigenvalue weighted by Gasteiger charge is 2.41. The summed E-state index contributed by atoms with van der Waals surface area (Å²) in [5.74, 6) is -2.88. The number of esters is 3. The number of allylic oxidation sites excluding steroid dienone is 2. The third-order valence-corrected chi connectivity index (χ3v) is 6.90. The van der Waals surface area contributed by atoms with Crippen LogP contribution in [0, 0.1) is 10.1 Å². The second-order valence-corrected chi connectivity index (χ2v) is 9.59. The van der Waals surface area contributed by atoms with Gasteiger partial charge in [0, 0.05) is 56.0 Å². The summed E-state index contributed by atoms with van der Waals surface area (Å²) in [5, 5.41) is 11.5. The van der Waals surface area contributed by atoms with Crippen molar-refractivity contribution in [2.24, 2.45) is 0 Å². The monoisotopic (exact) mass is 584 g/mol. The van der Waals surface area contributed by atoms with Gasteiger partial charge in [-0.15, -0.1) is 0 Å². The first kappa shape index (κ1) is 32.0. The summed E-state index contributed by atoms with van der Waals surface area (Å²) in [6.45, 7) is 3.84. The summed E-state index contributed by atoms with van der Waals surface area (Å²) in [4.78, 5) is 55.2. The predicted octanol–water partition coefficient (Wildman–Crippen LogP) is 3.86. The van der Waals surface area contributed by atoms with Gasteiger partial charge in [-0.05, 0) is 32.3 Å². The van der Waals surface area contributed by atoms with E-state index in [-0.39, 0.29) is 43.2 Å². The number of benzene rings is 1. The van der Waals surface area contributed by atoms with Crippen molar-refractivity contribution in [2.75, 3.05) is 34.2 Å². The maximum Gasteiger partial charge on any atom is 0.336 e. The molecule has 3 rings (SSSR count). The molecule has 2 aromatic rings. The maximum atomic E-state index is 13.5. The fourth-order valence-electron chi connectivity index (χ4n) is 4.82. The van der Waals surface area contributed by atoms with Crippen LogP contribution in [0.4, 0.5) is 5.69 Å². The highest BCUT2D eigenvalue weighted by molar-refractivity contribution is 5.99. The number of ether oxygens (including phenoxy) is 4. The number of aromatic nitrogens is 2. The van der Waals surface area contributed by atoms with E-state index in [1.807, 2.05) is 10.8 Å². The summed E-state index contributed by atoms with van der Waals surface area (Å²) in [7, 11) is 2.68. The van der Waals surface area contributed by atoms with Crippen molar-refractivity contribution in [1.82, 2.24) is 14.5 Å². The molecule has 0 aliphatic carbocycles. The van der Waals surface area contributed by atoms with E-state index in [9.17, 15) is 24.5 Å². The number of imidazole rings is 1. The minimum atomic E-state index is -1.01. The number of nitrogens with zero attached hydrogens (tertiary/aromatic N) is 4. The Kier molecular flexibility index (Phi) is 11.8. The number of nitro benzene ring substituents is 1. The lowest BCUT2D eigenvalue weighted by Crippen LogP contribution is -2.36. The molecule has 1 unspecified atom stereocenters. The van der Waals surface area contributed by atoms with Gasteiger partial charge in [0.1, 0.15) is 19.9 Å². The normalized spacial score (nSPS) is 15.0. The second kappa shape index (κ2) is 15.5. The van der Waals surface area contributed by atoms with Crippen LogP contribution in [0.1, 0.15) is 51.0 Å². The van der Waals surface area contributed by atoms with E-state index in [0.29, 0.717) is 23.4 Å². The zero-order valence-corrected chi connectivity index (χ0v) is 24.2. The zero-order chi connectivity index (χ0) is 30.6. The Morgan fingerprint density at radius 3 is 2.36 bits per heavy atom. The molecular formula is C29H36N4O9. The molecule has 1 aromatic carbocycles. The lowest BCUT2D eigenvalue weighted by atomic mass is 9.79. The van der Waals surface area contributed by atoms with Crippen LogP contribution in [0.15, 0.2) is 65.5 Å². The average molecular weight is 585 g/mol. The highest BCUT2D eigenvalue weighted by atomic mass is 16.6. The number of carbonyl (C=O) groups excluding carboxylic acids is 3. The minimum absolute atomic E-state index is 0.0243. The summed E-state index contributed by atoms with van der Waals surface area (Å²) in [6, 6.07) is 5.71. The van der Waals surface area contributed by atoms with Crippen molar-refractivity contribution in [2.45, 2.75) is 52.0 Å². The van der Waals surface area contributed by atoms with Gasteiger partial charge >= 0.3 is 17.9 Å². The Balaban J connectivity index is 1.70. The van der Waals surface area contributed by atoms with Crippen molar-refractivity contribution >= 4 is 23.6 Å². The molecule has 0 N–H and O–H groups in total. The van der Waals surface area contributed by atoms with E-state index in [4.69, 9.17) is 18.9 Å². The largest absolute Gasteiger partial charge is 0.466 e. The van der Waals surface area contributed by atoms with Crippen LogP contribution in [-0.4, -0.2) is 71.4 Å². The highest BCUT2D eigenvalue weighted by Crippen LogP contribution is 2.43. The first-order valence-corrected chi connectivity index (χ1v) is 13.5. The molecule has 0 fully saturated rings. The molecule has 13 nitrogen and oxygen atoms in total. The van der Waals surface area contributed by atoms with Gasteiger partial charge in [0.15, 0.2) is 0 Å². The number of aryl methyl sites for hydroxylation is 1. The lowest BCUT2D eigenvalue weighted by Gasteiger charge is -2.37. The summed E-state index contributed by atoms with van der Waals surface area (Å²) >= 11 is 0. The maximum absolute atomic E-state index is 13.5. The molecule has 0 radical (unpaired) electrons. The molecular weight excluding hydrogens is 548 g/mol. The van der Waals surface area contributed by atoms with E-state index >= 15 is 0 Å². The summed E-state index contributed by atoms with van der Waals surface area (Å²) in [6.07, 6.45) is 8.02. The van der Waals surface area contributed by atoms with E-state index in [0.717, 1.165) is 19.4 Å². The van der Waals surface area contributed by atoms with E-state index in [1.165, 1.54) is 32.4 Å². The summed E-state index contributed by atoms with van der Waals surface area (Å²) < 4.78 is 23.0. The molecule has 0 saturated carbocycles. The van der Waals surface area contributed by atoms with Crippen LogP contribution in [-0.2, 0) is 39.9 Å². The number of rotatable bonds is 15.